The molecule has 0 saturated heterocycles. The highest BCUT2D eigenvalue weighted by Gasteiger charge is 2.41. The lowest BCUT2D eigenvalue weighted by Gasteiger charge is -2.30. The summed E-state index contributed by atoms with van der Waals surface area (Å²) in [7, 11) is 0. The third-order valence-electron chi connectivity index (χ3n) is 30.7. The molecule has 0 unspecified atom stereocenters. The van der Waals surface area contributed by atoms with Crippen LogP contribution in [0.2, 0.25) is 0 Å². The van der Waals surface area contributed by atoms with Gasteiger partial charge < -0.3 is 52.1 Å². The predicted molar refractivity (Wildman–Crippen MR) is 538 cm³/mol. The van der Waals surface area contributed by atoms with E-state index in [1.807, 2.05) is 19.9 Å². The van der Waals surface area contributed by atoms with Gasteiger partial charge in [-0.15, -0.1) is 6.58 Å². The number of unbranched alkanes of at least 4 members (excludes halogenated alkanes) is 1. The molecule has 0 spiro atoms. The van der Waals surface area contributed by atoms with Crippen molar-refractivity contribution in [3.63, 3.8) is 0 Å². The van der Waals surface area contributed by atoms with Gasteiger partial charge >= 0.3 is 0 Å². The first kappa shape index (κ1) is 111. The maximum atomic E-state index is 15.0. The van der Waals surface area contributed by atoms with E-state index in [2.05, 4.69) is 26.7 Å². The zero-order valence-corrected chi connectivity index (χ0v) is 85.0. The van der Waals surface area contributed by atoms with Crippen molar-refractivity contribution >= 4 is 0 Å². The number of benzene rings is 10. The number of allylic oxidation sites excluding steroid dienone is 2. The Balaban J connectivity index is 0.000000133. The molecule has 0 N–H and O–H groups in total. The van der Waals surface area contributed by atoms with E-state index in [0.717, 1.165) is 134 Å². The van der Waals surface area contributed by atoms with E-state index >= 15 is 0 Å². The maximum absolute atomic E-state index is 15.0. The van der Waals surface area contributed by atoms with Crippen molar-refractivity contribution < 1.29 is 131 Å². The number of hydrogen-bond acceptors (Lipinski definition) is 11. The topological polar surface area (TPSA) is 102 Å². The number of alkyl halides is 1. The summed E-state index contributed by atoms with van der Waals surface area (Å²) in [6.45, 7) is 22.1. The van der Waals surface area contributed by atoms with Gasteiger partial charge in [-0.25, -0.2) is 22.0 Å². The molecule has 5 aliphatic carbocycles. The molecule has 20 rings (SSSR count). The van der Waals surface area contributed by atoms with E-state index in [9.17, 15) is 79.0 Å². The molecule has 0 bridgehead atoms. The maximum Gasteiger partial charge on any atom is 0.266 e. The van der Waals surface area contributed by atoms with Crippen LogP contribution in [0.25, 0.3) is 0 Å². The van der Waals surface area contributed by atoms with Gasteiger partial charge in [0.1, 0.15) is 13.2 Å². The highest BCUT2D eigenvalue weighted by atomic mass is 19.3. The van der Waals surface area contributed by atoms with E-state index in [-0.39, 0.29) is 192 Å². The fraction of sp³-hybridized carbons (Fsp3) is 0.438. The second-order valence-corrected chi connectivity index (χ2v) is 40.3. The number of rotatable bonds is 28. The Bertz CT molecular complexity index is 6560. The predicted octanol–water partition coefficient (Wildman–Crippen LogP) is 35.8. The van der Waals surface area contributed by atoms with Gasteiger partial charge in [0.05, 0.1) is 32.6 Å². The molecule has 0 aromatic heterocycles. The quantitative estimate of drug-likeness (QED) is 0.0266. The van der Waals surface area contributed by atoms with Crippen LogP contribution >= 0.6 is 0 Å². The van der Waals surface area contributed by atoms with Crippen LogP contribution in [0.15, 0.2) is 141 Å². The van der Waals surface area contributed by atoms with Crippen LogP contribution in [-0.4, -0.2) is 52.4 Å². The van der Waals surface area contributed by atoms with Gasteiger partial charge in [0.2, 0.25) is 58.2 Å². The number of fused-ring (bicyclic) bond motifs is 10. The first-order valence-corrected chi connectivity index (χ1v) is 52.7. The lowest BCUT2D eigenvalue weighted by Crippen LogP contribution is -2.22. The first-order valence-electron chi connectivity index (χ1n) is 52.7. The van der Waals surface area contributed by atoms with Crippen molar-refractivity contribution in [2.75, 3.05) is 46.3 Å². The van der Waals surface area contributed by atoms with Crippen molar-refractivity contribution in [2.24, 2.45) is 23.7 Å². The summed E-state index contributed by atoms with van der Waals surface area (Å²) in [6.07, 6.45) is 26.9. The van der Waals surface area contributed by atoms with E-state index in [1.54, 1.807) is 80.6 Å². The molecule has 5 fully saturated rings. The molecule has 0 atom stereocenters. The molecule has 5 saturated carbocycles. The van der Waals surface area contributed by atoms with E-state index in [4.69, 9.17) is 52.1 Å². The van der Waals surface area contributed by atoms with Crippen molar-refractivity contribution in [3.8, 4) is 86.2 Å². The van der Waals surface area contributed by atoms with Crippen molar-refractivity contribution in [3.05, 3.63) is 312 Å². The lowest BCUT2D eigenvalue weighted by atomic mass is 9.76. The van der Waals surface area contributed by atoms with Crippen LogP contribution < -0.4 is 47.4 Å². The monoisotopic (exact) mass is 2100 g/mol. The van der Waals surface area contributed by atoms with Crippen LogP contribution in [0.4, 0.5) is 79.0 Å². The summed E-state index contributed by atoms with van der Waals surface area (Å²) in [6, 6.07) is 24.5. The van der Waals surface area contributed by atoms with E-state index in [0.29, 0.717) is 147 Å². The highest BCUT2D eigenvalue weighted by molar-refractivity contribution is 5.62. The third-order valence-corrected chi connectivity index (χ3v) is 30.7. The van der Waals surface area contributed by atoms with E-state index < -0.39 is 93.3 Å². The minimum Gasteiger partial charge on any atom is -0.491 e. The number of ether oxygens (including phenoxy) is 11. The average molecular weight is 2100 g/mol. The average Bonchev–Trinajstić information content (AvgIpc) is 0.768. The Labute approximate surface area is 864 Å². The molecule has 10 aromatic carbocycles. The normalized spacial score (nSPS) is 20.2. The molecule has 5 heterocycles. The third kappa shape index (κ3) is 24.5. The van der Waals surface area contributed by atoms with Crippen molar-refractivity contribution in [2.45, 2.75) is 269 Å². The summed E-state index contributed by atoms with van der Waals surface area (Å²) < 4.78 is 320. The molecule has 150 heavy (non-hydrogen) atoms. The van der Waals surface area contributed by atoms with Crippen molar-refractivity contribution in [1.29, 1.82) is 0 Å². The second-order valence-electron chi connectivity index (χ2n) is 40.3. The van der Waals surface area contributed by atoms with Gasteiger partial charge in [0.15, 0.2) is 115 Å². The highest BCUT2D eigenvalue weighted by Crippen LogP contribution is 2.55. The Morgan fingerprint density at radius 3 is 0.833 bits per heavy atom. The second kappa shape index (κ2) is 50.4. The molecule has 11 nitrogen and oxygen atoms in total. The van der Waals surface area contributed by atoms with Gasteiger partial charge in [-0.3, -0.25) is 4.39 Å². The SMILES string of the molecule is C=CCOc1ccc2c(c1F)Oc1c(cc(C3CCC(C=C)CC3)c(F)c1F)C2.C=CCOc1ccc2c(c1F)Oc1c(cc(C3CCC(CCC)CC3)c(F)c1F)C2.CCCCOc1ccc2c(c1F)Oc1c(cc(C3CCC(OCC)CC3)c(F)c1F)C2.CCOc1ccc2c(c1F)Oc1c(cc(C3CCC(C=C(F)F)CC3)c(F)c1F)C2.CCOc1ccc2c(c1F)Oc1c(cc(C3CCC(CCCF)CC3)c(F)c1F)C2. The molecular formula is C121H126F18O11. The zero-order chi connectivity index (χ0) is 106. The van der Waals surface area contributed by atoms with Crippen LogP contribution in [0, 0.1) is 111 Å². The zero-order valence-electron chi connectivity index (χ0n) is 85.0. The number of hydrogen-bond donors (Lipinski definition) is 0. The van der Waals surface area contributed by atoms with Gasteiger partial charge in [-0.1, -0.05) is 94.8 Å². The van der Waals surface area contributed by atoms with Crippen LogP contribution in [0.1, 0.15) is 315 Å². The molecular weight excluding hydrogens is 1970 g/mol. The van der Waals surface area contributed by atoms with Crippen LogP contribution in [0.5, 0.6) is 86.2 Å². The lowest BCUT2D eigenvalue weighted by molar-refractivity contribution is 0.0325. The first-order chi connectivity index (χ1) is 72.5. The van der Waals surface area contributed by atoms with Gasteiger partial charge in [-0.05, 0) is 316 Å². The minimum atomic E-state index is -1.71. The summed E-state index contributed by atoms with van der Waals surface area (Å²) in [5.74, 6) is -14.2. The Hall–Kier alpha value is -12.1. The van der Waals surface area contributed by atoms with Gasteiger partial charge in [0.25, 0.3) is 6.08 Å². The van der Waals surface area contributed by atoms with Crippen molar-refractivity contribution in [1.82, 2.24) is 0 Å². The Morgan fingerprint density at radius 2 is 0.567 bits per heavy atom. The fourth-order valence-corrected chi connectivity index (χ4v) is 22.8. The Morgan fingerprint density at radius 1 is 0.293 bits per heavy atom. The minimum absolute atomic E-state index is 0.00145. The van der Waals surface area contributed by atoms with Crippen LogP contribution in [0.3, 0.4) is 0 Å². The van der Waals surface area contributed by atoms with Gasteiger partial charge in [0, 0.05) is 94.3 Å². The molecule has 10 aliphatic rings. The summed E-state index contributed by atoms with van der Waals surface area (Å²) in [5, 5.41) is 0. The fourth-order valence-electron chi connectivity index (χ4n) is 22.8. The largest absolute Gasteiger partial charge is 0.491 e. The standard InChI is InChI=1S/C25H29F3O3.C25H27F3O2.C24H26F4O2.C24H23F3O2.C23H21F5O2/c1-3-5-12-30-20-11-8-16-13-17-14-19(15-6-9-18(10-7-15)29-4-2)21(26)23(28)25(17)31-24(16)22(20)27;1-3-5-15-6-8-16(9-7-15)19-14-18-13-17-10-11-20(29-12-4-2)22(27)24(17)30-25(18)23(28)21(19)26;1-2-29-19-10-9-16-12-17-13-18(15-7-5-14(6-8-15)4-3-11-25)20(26)22(28)24(17)30-23(16)21(19)27;1-3-11-28-19-10-9-16-12-17-13-18(15-7-5-14(4-2)6-8-15)20(25)22(27)24(17)29-23(16)21(19)26;1-2-29-17-8-7-14-10-15-11-16(13-5-3-12(4-6-13)9-18(24)25)19(26)21(28)23(15)30-22(14)20(17)27/h8,11,14-15,18H,3-7,9-10,12-13H2,1-2H3;4,10-11,14-16H,2-3,5-9,12-13H2,1H3;9-10,13-15H,2-8,11-12H2,1H3;3-4,9-10,13-15H,1-2,5-8,11-12H2;7-9,11-13H,2-6,10H2,1H3. The summed E-state index contributed by atoms with van der Waals surface area (Å²) in [4.78, 5) is 0. The smallest absolute Gasteiger partial charge is 0.266 e. The van der Waals surface area contributed by atoms with Crippen LogP contribution in [-0.2, 0) is 36.8 Å². The van der Waals surface area contributed by atoms with E-state index in [1.165, 1.54) is 42.8 Å². The molecule has 0 amide bonds. The van der Waals surface area contributed by atoms with Gasteiger partial charge in [-0.2, -0.15) is 52.7 Å². The molecule has 10 aromatic rings. The summed E-state index contributed by atoms with van der Waals surface area (Å²) in [5.41, 5.74) is 7.30. The number of halogens is 18. The molecule has 0 radical (unpaired) electrons. The Kier molecular flexibility index (Phi) is 37.1. The summed E-state index contributed by atoms with van der Waals surface area (Å²) >= 11 is 0. The molecule has 5 aliphatic heterocycles. The molecule has 802 valence electrons. The molecule has 29 heteroatoms.